The predicted molar refractivity (Wildman–Crippen MR) is 59.9 cm³/mol. The molecule has 14 heavy (non-hydrogen) atoms. The molecule has 3 nitrogen and oxygen atoms in total. The van der Waals surface area contributed by atoms with Gasteiger partial charge in [0.15, 0.2) is 11.5 Å². The Kier molecular flexibility index (Phi) is 4.76. The van der Waals surface area contributed by atoms with Crippen LogP contribution in [0.25, 0.3) is 0 Å². The molecule has 0 fully saturated rings. The summed E-state index contributed by atoms with van der Waals surface area (Å²) in [5.41, 5.74) is 5.37. The lowest BCUT2D eigenvalue weighted by atomic mass is 10.3. The Morgan fingerprint density at radius 1 is 1.36 bits per heavy atom. The summed E-state index contributed by atoms with van der Waals surface area (Å²) < 4.78 is 11.6. The van der Waals surface area contributed by atoms with Gasteiger partial charge in [-0.15, -0.1) is 0 Å². The van der Waals surface area contributed by atoms with Crippen LogP contribution in [0.3, 0.4) is 0 Å². The van der Waals surface area contributed by atoms with E-state index in [0.717, 1.165) is 22.4 Å². The van der Waals surface area contributed by atoms with Crippen molar-refractivity contribution in [2.75, 3.05) is 20.3 Å². The van der Waals surface area contributed by atoms with Crippen molar-refractivity contribution in [2.24, 2.45) is 5.73 Å². The Labute approximate surface area is 92.3 Å². The van der Waals surface area contributed by atoms with E-state index in [-0.39, 0.29) is 0 Å². The van der Waals surface area contributed by atoms with Gasteiger partial charge < -0.3 is 15.2 Å². The molecular weight excluding hydrogens is 246 g/mol. The van der Waals surface area contributed by atoms with Crippen LogP contribution >= 0.6 is 15.9 Å². The van der Waals surface area contributed by atoms with Crippen molar-refractivity contribution < 1.29 is 9.47 Å². The van der Waals surface area contributed by atoms with Crippen molar-refractivity contribution in [3.05, 3.63) is 22.7 Å². The molecule has 1 aromatic rings. The highest BCUT2D eigenvalue weighted by molar-refractivity contribution is 9.10. The third-order valence-corrected chi connectivity index (χ3v) is 2.22. The highest BCUT2D eigenvalue weighted by Gasteiger charge is 2.03. The van der Waals surface area contributed by atoms with E-state index in [9.17, 15) is 0 Å². The van der Waals surface area contributed by atoms with E-state index in [0.29, 0.717) is 13.2 Å². The fourth-order valence-corrected chi connectivity index (χ4v) is 1.37. The number of nitrogens with two attached hydrogens (primary N) is 1. The van der Waals surface area contributed by atoms with Crippen LogP contribution in [0.4, 0.5) is 0 Å². The summed E-state index contributed by atoms with van der Waals surface area (Å²) in [6, 6.07) is 5.66. The molecule has 4 heteroatoms. The molecule has 0 heterocycles. The minimum atomic E-state index is 0.620. The number of hydrogen-bond acceptors (Lipinski definition) is 3. The second-order valence-corrected chi connectivity index (χ2v) is 3.70. The highest BCUT2D eigenvalue weighted by atomic mass is 79.9. The lowest BCUT2D eigenvalue weighted by molar-refractivity contribution is 0.291. The third-order valence-electron chi connectivity index (χ3n) is 1.73. The average Bonchev–Trinajstić information content (AvgIpc) is 2.20. The van der Waals surface area contributed by atoms with E-state index < -0.39 is 0 Å². The molecule has 1 rings (SSSR count). The molecular formula is C10H14BrNO2. The molecule has 0 aliphatic rings. The molecule has 1 aromatic carbocycles. The second kappa shape index (κ2) is 5.88. The Morgan fingerprint density at radius 3 is 2.79 bits per heavy atom. The summed E-state index contributed by atoms with van der Waals surface area (Å²) >= 11 is 3.36. The van der Waals surface area contributed by atoms with Gasteiger partial charge in [-0.05, 0) is 31.2 Å². The van der Waals surface area contributed by atoms with Gasteiger partial charge in [0.05, 0.1) is 13.7 Å². The van der Waals surface area contributed by atoms with E-state index >= 15 is 0 Å². The average molecular weight is 260 g/mol. The Bertz CT molecular complexity index is 291. The quantitative estimate of drug-likeness (QED) is 0.825. The molecule has 0 atom stereocenters. The van der Waals surface area contributed by atoms with Gasteiger partial charge in [-0.2, -0.15) is 0 Å². The maximum atomic E-state index is 5.50. The zero-order chi connectivity index (χ0) is 10.4. The van der Waals surface area contributed by atoms with Crippen LogP contribution in [0.5, 0.6) is 11.5 Å². The molecule has 0 unspecified atom stereocenters. The molecule has 78 valence electrons. The van der Waals surface area contributed by atoms with E-state index in [1.165, 1.54) is 0 Å². The van der Waals surface area contributed by atoms with Gasteiger partial charge in [0.2, 0.25) is 0 Å². The fraction of sp³-hybridized carbons (Fsp3) is 0.400. The highest BCUT2D eigenvalue weighted by Crippen LogP contribution is 2.30. The van der Waals surface area contributed by atoms with Gasteiger partial charge in [-0.3, -0.25) is 0 Å². The monoisotopic (exact) mass is 259 g/mol. The van der Waals surface area contributed by atoms with Crippen LogP contribution < -0.4 is 15.2 Å². The van der Waals surface area contributed by atoms with Gasteiger partial charge in [0.25, 0.3) is 0 Å². The molecule has 2 N–H and O–H groups in total. The second-order valence-electron chi connectivity index (χ2n) is 2.79. The summed E-state index contributed by atoms with van der Waals surface area (Å²) in [7, 11) is 1.62. The number of rotatable bonds is 5. The Balaban J connectivity index is 2.65. The first-order valence-electron chi connectivity index (χ1n) is 4.44. The third kappa shape index (κ3) is 3.20. The van der Waals surface area contributed by atoms with E-state index in [2.05, 4.69) is 15.9 Å². The summed E-state index contributed by atoms with van der Waals surface area (Å²) in [6.07, 6.45) is 0.846. The van der Waals surface area contributed by atoms with Crippen molar-refractivity contribution in [2.45, 2.75) is 6.42 Å². The zero-order valence-corrected chi connectivity index (χ0v) is 9.71. The van der Waals surface area contributed by atoms with Crippen molar-refractivity contribution in [1.29, 1.82) is 0 Å². The molecule has 0 spiro atoms. The molecule has 0 aliphatic carbocycles. The largest absolute Gasteiger partial charge is 0.493 e. The minimum Gasteiger partial charge on any atom is -0.493 e. The SMILES string of the molecule is COc1cc(Br)ccc1OCCCN. The number of benzene rings is 1. The summed E-state index contributed by atoms with van der Waals surface area (Å²) in [5.74, 6) is 1.49. The molecule has 0 saturated heterocycles. The number of halogens is 1. The van der Waals surface area contributed by atoms with Crippen molar-refractivity contribution in [3.8, 4) is 11.5 Å². The first-order valence-corrected chi connectivity index (χ1v) is 5.23. The van der Waals surface area contributed by atoms with Crippen LogP contribution in [0.1, 0.15) is 6.42 Å². The van der Waals surface area contributed by atoms with Crippen molar-refractivity contribution in [1.82, 2.24) is 0 Å². The van der Waals surface area contributed by atoms with Crippen molar-refractivity contribution >= 4 is 15.9 Å². The normalized spacial score (nSPS) is 9.93. The molecule has 0 radical (unpaired) electrons. The first kappa shape index (κ1) is 11.3. The smallest absolute Gasteiger partial charge is 0.161 e. The predicted octanol–water partition coefficient (Wildman–Crippen LogP) is 2.19. The van der Waals surface area contributed by atoms with Gasteiger partial charge in [0, 0.05) is 4.47 Å². The number of hydrogen-bond donors (Lipinski definition) is 1. The lowest BCUT2D eigenvalue weighted by Gasteiger charge is -2.10. The maximum Gasteiger partial charge on any atom is 0.161 e. The van der Waals surface area contributed by atoms with E-state index in [1.807, 2.05) is 18.2 Å². The lowest BCUT2D eigenvalue weighted by Crippen LogP contribution is -2.06. The molecule has 0 amide bonds. The van der Waals surface area contributed by atoms with E-state index in [1.54, 1.807) is 7.11 Å². The summed E-state index contributed by atoms with van der Waals surface area (Å²) in [5, 5.41) is 0. The number of methoxy groups -OCH3 is 1. The summed E-state index contributed by atoms with van der Waals surface area (Å²) in [6.45, 7) is 1.26. The van der Waals surface area contributed by atoms with Crippen LogP contribution in [0, 0.1) is 0 Å². The minimum absolute atomic E-state index is 0.620. The van der Waals surface area contributed by atoms with Crippen LogP contribution in [-0.2, 0) is 0 Å². The van der Waals surface area contributed by atoms with Crippen LogP contribution in [0.15, 0.2) is 22.7 Å². The summed E-state index contributed by atoms with van der Waals surface area (Å²) in [4.78, 5) is 0. The Morgan fingerprint density at radius 2 is 2.14 bits per heavy atom. The molecule has 0 bridgehead atoms. The van der Waals surface area contributed by atoms with Gasteiger partial charge >= 0.3 is 0 Å². The maximum absolute atomic E-state index is 5.50. The van der Waals surface area contributed by atoms with E-state index in [4.69, 9.17) is 15.2 Å². The van der Waals surface area contributed by atoms with Gasteiger partial charge in [-0.25, -0.2) is 0 Å². The van der Waals surface area contributed by atoms with Gasteiger partial charge in [0.1, 0.15) is 0 Å². The molecule has 0 aromatic heterocycles. The molecule has 0 saturated carbocycles. The van der Waals surface area contributed by atoms with Gasteiger partial charge in [-0.1, -0.05) is 15.9 Å². The standard InChI is InChI=1S/C10H14BrNO2/c1-13-10-7-8(11)3-4-9(10)14-6-2-5-12/h3-4,7H,2,5-6,12H2,1H3. The van der Waals surface area contributed by atoms with Crippen LogP contribution in [0.2, 0.25) is 0 Å². The van der Waals surface area contributed by atoms with Crippen molar-refractivity contribution in [3.63, 3.8) is 0 Å². The zero-order valence-electron chi connectivity index (χ0n) is 8.13. The van der Waals surface area contributed by atoms with Crippen LogP contribution in [-0.4, -0.2) is 20.3 Å². The first-order chi connectivity index (χ1) is 6.77. The number of ether oxygens (including phenoxy) is 2. The Hall–Kier alpha value is -0.740. The molecule has 0 aliphatic heterocycles. The fourth-order valence-electron chi connectivity index (χ4n) is 1.03. The topological polar surface area (TPSA) is 44.5 Å².